The van der Waals surface area contributed by atoms with Gasteiger partial charge in [-0.3, -0.25) is 82.4 Å². The number of thiazole rings is 4. The van der Waals surface area contributed by atoms with Gasteiger partial charge in [-0.1, -0.05) is 24.3 Å². The molecule has 0 spiro atoms. The van der Waals surface area contributed by atoms with Crippen molar-refractivity contribution in [2.24, 2.45) is 7.05 Å². The number of hydrogen-bond donors (Lipinski definition) is 9. The zero-order valence-corrected chi connectivity index (χ0v) is 69.4. The smallest absolute Gasteiger partial charge is 0.346 e. The number of nitrogens with zero attached hydrogens (tertiary/aromatic N) is 21. The Morgan fingerprint density at radius 3 is 1.14 bits per heavy atom. The van der Waals surface area contributed by atoms with Crippen LogP contribution in [0.25, 0.3) is 87.8 Å². The summed E-state index contributed by atoms with van der Waals surface area (Å²) < 4.78 is 36.4. The normalized spacial score (nSPS) is 15.6. The number of amides is 4. The third-order valence-corrected chi connectivity index (χ3v) is 23.5. The molecule has 19 rings (SSSR count). The molecule has 622 valence electrons. The molecule has 38 nitrogen and oxygen atoms in total. The fourth-order valence-electron chi connectivity index (χ4n) is 13.2. The lowest BCUT2D eigenvalue weighted by Gasteiger charge is -2.34. The van der Waals surface area contributed by atoms with Crippen molar-refractivity contribution in [3.05, 3.63) is 216 Å². The van der Waals surface area contributed by atoms with E-state index in [-0.39, 0.29) is 53.7 Å². The van der Waals surface area contributed by atoms with Crippen molar-refractivity contribution in [1.29, 1.82) is 0 Å². The van der Waals surface area contributed by atoms with E-state index in [0.29, 0.717) is 122 Å². The van der Waals surface area contributed by atoms with Crippen molar-refractivity contribution < 1.29 is 47.7 Å². The van der Waals surface area contributed by atoms with Gasteiger partial charge >= 0.3 is 7.60 Å². The van der Waals surface area contributed by atoms with Crippen molar-refractivity contribution in [3.63, 3.8) is 0 Å². The molecule has 2 saturated carbocycles. The van der Waals surface area contributed by atoms with Gasteiger partial charge in [0.05, 0.1) is 101 Å². The zero-order valence-electron chi connectivity index (χ0n) is 65.3. The van der Waals surface area contributed by atoms with Crippen LogP contribution < -0.4 is 21.3 Å². The topological polar surface area (TPSA) is 480 Å². The van der Waals surface area contributed by atoms with Gasteiger partial charge in [-0.25, -0.2) is 19.9 Å². The highest BCUT2D eigenvalue weighted by atomic mass is 32.1. The fraction of sp³-hybridized carbons (Fsp3) is 0.241. The van der Waals surface area contributed by atoms with Crippen LogP contribution in [0, 0.1) is 0 Å². The Balaban J connectivity index is 0.000000121. The van der Waals surface area contributed by atoms with Crippen molar-refractivity contribution in [2.75, 3.05) is 47.7 Å². The lowest BCUT2D eigenvalue weighted by Crippen LogP contribution is -2.33. The molecule has 1 saturated heterocycles. The van der Waals surface area contributed by atoms with Crippen LogP contribution in [0.3, 0.4) is 0 Å². The maximum absolute atomic E-state index is 12.9. The molecule has 0 aromatic carbocycles. The SMILES string of the molecule is CCOC1CC(n2cc(NC(=O)c3csc(-c4cn[nH]c4)n3)c(-c3ccccn3)n2)C1.CCOC1CC(n2cc(NC(=O)c3csc(-c4cn[nH]c4)n3)c(-c3ccccn3)n2)C1.Cn1cc(NC(=O)c2csc(-c3cnn(CP(=O)(O)O)c3)n2)c(-c2ccccn2)n1.O=C(Nc1cn(C2CCOCC2)nc1-c1ccccn1)c1csc(-c2cn[nH]c2)n1. The van der Waals surface area contributed by atoms with Crippen molar-refractivity contribution in [3.8, 4) is 87.8 Å². The number of aryl methyl sites for hydroxylation is 1. The number of carbonyl (C=O) groups excluding carboxylic acids is 4. The second kappa shape index (κ2) is 38.0. The Morgan fingerprint density at radius 1 is 0.467 bits per heavy atom. The van der Waals surface area contributed by atoms with Crippen LogP contribution in [0.2, 0.25) is 0 Å². The van der Waals surface area contributed by atoms with Crippen LogP contribution in [0.5, 0.6) is 0 Å². The monoisotopic (exact) mass is 1740 g/mol. The van der Waals surface area contributed by atoms with Crippen LogP contribution in [-0.4, -0.2) is 191 Å². The van der Waals surface area contributed by atoms with Crippen LogP contribution in [-0.2, 0) is 32.1 Å². The van der Waals surface area contributed by atoms with Crippen LogP contribution in [0.4, 0.5) is 22.7 Å². The van der Waals surface area contributed by atoms with Gasteiger partial charge in [0.25, 0.3) is 23.6 Å². The number of nitrogens with one attached hydrogen (secondary N) is 7. The Kier molecular flexibility index (Phi) is 25.7. The summed E-state index contributed by atoms with van der Waals surface area (Å²) in [5, 5.41) is 63.8. The molecule has 0 unspecified atom stereocenters. The number of aromatic amines is 3. The summed E-state index contributed by atoms with van der Waals surface area (Å²) >= 11 is 5.41. The molecule has 16 aromatic rings. The van der Waals surface area contributed by atoms with E-state index in [2.05, 4.69) is 102 Å². The molecule has 17 heterocycles. The molecule has 16 aromatic heterocycles. The molecular weight excluding hydrogens is 1660 g/mol. The standard InChI is InChI=1S/2C21H21N7O2S.C20H19N7O2S.C17H16N7O4PS/c2*1-2-30-15-7-14(8-15)28-11-17(19(27-28)16-5-3-4-6-22-16)25-20(29)18-12-31-21(26-18)13-9-23-24-10-13;28-19(17-12-30-20(25-17)13-9-22-23-10-13)24-16-11-27(14-4-7-29-8-5-14)26-18(16)15-3-1-2-6-21-15;1-23-8-13(15(22-23)12-4-2-3-5-18-12)20-16(25)14-9-30-17(21-14)11-6-19-24(7-11)10-29(26,27)28/h2*3-6,9-12,14-15H,2,7-8H2,1H3,(H,23,24)(H,25,29);1-3,6,9-12,14H,4-5,7-8H2,(H,22,23)(H,24,28);2-9H,10H2,1H3,(H,20,25)(H2,26,27,28). The highest BCUT2D eigenvalue weighted by molar-refractivity contribution is 7.50. The summed E-state index contributed by atoms with van der Waals surface area (Å²) in [4.78, 5) is 105. The number of hydrogen-bond acceptors (Lipinski definition) is 28. The predicted octanol–water partition coefficient (Wildman–Crippen LogP) is 13.2. The molecule has 0 radical (unpaired) electrons. The van der Waals surface area contributed by atoms with Gasteiger partial charge in [0.15, 0.2) is 0 Å². The van der Waals surface area contributed by atoms with Gasteiger partial charge in [0.1, 0.15) is 71.9 Å². The van der Waals surface area contributed by atoms with Gasteiger partial charge in [-0.2, -0.15) is 40.8 Å². The van der Waals surface area contributed by atoms with E-state index in [1.807, 2.05) is 107 Å². The van der Waals surface area contributed by atoms with Crippen LogP contribution in [0.15, 0.2) is 193 Å². The first kappa shape index (κ1) is 82.4. The second-order valence-electron chi connectivity index (χ2n) is 27.8. The first-order valence-corrected chi connectivity index (χ1v) is 43.7. The molecule has 0 bridgehead atoms. The molecule has 9 N–H and O–H groups in total. The predicted molar refractivity (Wildman–Crippen MR) is 456 cm³/mol. The Bertz CT molecular complexity index is 6020. The maximum Gasteiger partial charge on any atom is 0.346 e. The summed E-state index contributed by atoms with van der Waals surface area (Å²) in [5.41, 5.74) is 11.9. The number of aromatic nitrogens is 24. The molecule has 1 aliphatic heterocycles. The van der Waals surface area contributed by atoms with Crippen molar-refractivity contribution in [2.45, 2.75) is 89.0 Å². The van der Waals surface area contributed by atoms with E-state index in [0.717, 1.165) is 74.9 Å². The minimum atomic E-state index is -4.24. The first-order valence-electron chi connectivity index (χ1n) is 38.4. The average molecular weight is 1740 g/mol. The molecule has 3 aliphatic rings. The summed E-state index contributed by atoms with van der Waals surface area (Å²) in [6, 6.07) is 23.1. The first-order chi connectivity index (χ1) is 59.5. The molecule has 0 atom stereocenters. The highest BCUT2D eigenvalue weighted by Crippen LogP contribution is 2.41. The Morgan fingerprint density at radius 2 is 0.811 bits per heavy atom. The average Bonchev–Trinajstić information content (AvgIpc) is 1.83. The molecule has 4 amide bonds. The maximum atomic E-state index is 12.9. The second-order valence-corrected chi connectivity index (χ2v) is 32.8. The number of carbonyl (C=O) groups is 4. The van der Waals surface area contributed by atoms with Crippen molar-refractivity contribution in [1.82, 2.24) is 119 Å². The third-order valence-electron chi connectivity index (χ3n) is 19.3. The lowest BCUT2D eigenvalue weighted by molar-refractivity contribution is -0.0228. The summed E-state index contributed by atoms with van der Waals surface area (Å²) in [6.07, 6.45) is 32.7. The van der Waals surface area contributed by atoms with Gasteiger partial charge < -0.3 is 45.3 Å². The van der Waals surface area contributed by atoms with E-state index < -0.39 is 19.8 Å². The largest absolute Gasteiger partial charge is 0.381 e. The minimum absolute atomic E-state index is 0.202. The number of pyridine rings is 4. The summed E-state index contributed by atoms with van der Waals surface area (Å²) in [7, 11) is -2.49. The Hall–Kier alpha value is -13.3. The van der Waals surface area contributed by atoms with Gasteiger partial charge in [-0.05, 0) is 101 Å². The van der Waals surface area contributed by atoms with Gasteiger partial charge in [-0.15, -0.1) is 45.3 Å². The molecule has 43 heteroatoms. The highest BCUT2D eigenvalue weighted by Gasteiger charge is 2.35. The number of ether oxygens (including phenoxy) is 3. The molecular formula is C79H77N28O10PS4. The van der Waals surface area contributed by atoms with E-state index in [4.69, 9.17) is 39.3 Å². The van der Waals surface area contributed by atoms with E-state index in [1.54, 1.807) is 114 Å². The molecule has 2 aliphatic carbocycles. The van der Waals surface area contributed by atoms with E-state index >= 15 is 0 Å². The third kappa shape index (κ3) is 20.1. The van der Waals surface area contributed by atoms with Crippen LogP contribution in [0.1, 0.15) is 112 Å². The fourth-order valence-corrected chi connectivity index (χ4v) is 16.8. The number of H-pyrrole nitrogens is 3. The lowest BCUT2D eigenvalue weighted by atomic mass is 9.89. The number of rotatable bonds is 25. The zero-order chi connectivity index (χ0) is 84.1. The van der Waals surface area contributed by atoms with Gasteiger partial charge in [0.2, 0.25) is 0 Å². The molecule has 122 heavy (non-hydrogen) atoms. The van der Waals surface area contributed by atoms with Gasteiger partial charge in [0, 0.05) is 152 Å². The van der Waals surface area contributed by atoms with Crippen molar-refractivity contribution >= 4 is 99.3 Å². The van der Waals surface area contributed by atoms with Crippen LogP contribution >= 0.6 is 52.9 Å². The van der Waals surface area contributed by atoms with E-state index in [1.165, 1.54) is 57.7 Å². The quantitative estimate of drug-likeness (QED) is 0.0240. The van der Waals surface area contributed by atoms with E-state index in [9.17, 15) is 23.7 Å². The molecule has 3 fully saturated rings. The number of anilines is 4. The minimum Gasteiger partial charge on any atom is -0.381 e. The summed E-state index contributed by atoms with van der Waals surface area (Å²) in [5.74, 6) is -1.28. The summed E-state index contributed by atoms with van der Waals surface area (Å²) in [6.45, 7) is 6.85. The Labute approximate surface area is 709 Å².